The number of pyridine rings is 1. The van der Waals surface area contributed by atoms with Crippen LogP contribution in [0.4, 0.5) is 11.6 Å². The van der Waals surface area contributed by atoms with E-state index in [9.17, 15) is 13.6 Å². The van der Waals surface area contributed by atoms with Crippen molar-refractivity contribution in [2.45, 2.75) is 20.3 Å². The van der Waals surface area contributed by atoms with E-state index in [0.717, 1.165) is 10.6 Å². The summed E-state index contributed by atoms with van der Waals surface area (Å²) < 4.78 is 32.0. The normalized spacial score (nSPS) is 15.9. The Hall–Kier alpha value is -2.99. The predicted molar refractivity (Wildman–Crippen MR) is 102 cm³/mol. The fourth-order valence-electron chi connectivity index (χ4n) is 2.98. The van der Waals surface area contributed by atoms with E-state index >= 15 is 0 Å². The molecule has 0 unspecified atom stereocenters. The predicted octanol–water partition coefficient (Wildman–Crippen LogP) is 1.69. The summed E-state index contributed by atoms with van der Waals surface area (Å²) in [6.45, 7) is 4.07. The number of hydrogen-bond donors (Lipinski definition) is 1. The molecule has 11 nitrogen and oxygen atoms in total. The van der Waals surface area contributed by atoms with Crippen molar-refractivity contribution in [3.8, 4) is 23.0 Å². The zero-order valence-electron chi connectivity index (χ0n) is 15.3. The molecule has 1 aliphatic rings. The van der Waals surface area contributed by atoms with Crippen LogP contribution in [-0.2, 0) is 10.0 Å². The molecule has 28 heavy (non-hydrogen) atoms. The molecule has 1 N–H and O–H groups in total. The highest BCUT2D eigenvalue weighted by Crippen LogP contribution is 2.37. The molecular weight excluding hydrogens is 386 g/mol. The number of oxazole rings is 1. The van der Waals surface area contributed by atoms with E-state index in [0.29, 0.717) is 18.5 Å². The van der Waals surface area contributed by atoms with Gasteiger partial charge in [0.05, 0.1) is 5.75 Å². The number of aryl methyl sites for hydroxylation is 1. The Balaban J connectivity index is 1.87. The molecule has 3 aromatic rings. The van der Waals surface area contributed by atoms with Gasteiger partial charge in [-0.05, 0) is 31.9 Å². The van der Waals surface area contributed by atoms with Crippen molar-refractivity contribution in [3.63, 3.8) is 0 Å². The third-order valence-electron chi connectivity index (χ3n) is 4.44. The molecule has 148 valence electrons. The van der Waals surface area contributed by atoms with Crippen LogP contribution in [0, 0.1) is 12.1 Å². The summed E-state index contributed by atoms with van der Waals surface area (Å²) >= 11 is 0. The maximum atomic E-state index is 12.4. The zero-order valence-corrected chi connectivity index (χ0v) is 16.1. The quantitative estimate of drug-likeness (QED) is 0.628. The molecule has 0 radical (unpaired) electrons. The minimum absolute atomic E-state index is 0.0467. The number of hydrogen-bond acceptors (Lipinski definition) is 9. The largest absolute Gasteiger partial charge is 0.757 e. The smallest absolute Gasteiger partial charge is 0.236 e. The van der Waals surface area contributed by atoms with Gasteiger partial charge >= 0.3 is 0 Å². The number of aromatic amines is 1. The van der Waals surface area contributed by atoms with Gasteiger partial charge in [0.15, 0.2) is 11.6 Å². The summed E-state index contributed by atoms with van der Waals surface area (Å²) in [6, 6.07) is 1.57. The van der Waals surface area contributed by atoms with Gasteiger partial charge in [0.2, 0.25) is 21.7 Å². The molecule has 3 aromatic heterocycles. The molecule has 0 atom stereocenters. The summed E-state index contributed by atoms with van der Waals surface area (Å²) in [4.78, 5) is 12.6. The Kier molecular flexibility index (Phi) is 4.51. The van der Waals surface area contributed by atoms with Gasteiger partial charge in [-0.15, -0.1) is 0 Å². The Morgan fingerprint density at radius 1 is 1.39 bits per heavy atom. The van der Waals surface area contributed by atoms with Crippen molar-refractivity contribution >= 4 is 21.7 Å². The standard InChI is InChI=1S/C16H18N7O4S/c1-3-22(24)12-7-11(10(2)8-17-12)16-20-15(23-5-4-6-28(23,25)26)13(27-16)14-18-9-19-21-14/h7-9H,3-6H2,1-2H3,(H,18,19,21)/q-1. The van der Waals surface area contributed by atoms with Gasteiger partial charge in [-0.3, -0.25) is 9.40 Å². The highest BCUT2D eigenvalue weighted by Gasteiger charge is 2.35. The molecule has 0 spiro atoms. The minimum Gasteiger partial charge on any atom is -0.757 e. The van der Waals surface area contributed by atoms with Crippen LogP contribution in [0.2, 0.25) is 0 Å². The zero-order chi connectivity index (χ0) is 19.9. The summed E-state index contributed by atoms with van der Waals surface area (Å²) in [5, 5.41) is 19.2. The summed E-state index contributed by atoms with van der Waals surface area (Å²) in [5.74, 6) is 1.03. The Morgan fingerprint density at radius 2 is 2.21 bits per heavy atom. The van der Waals surface area contributed by atoms with Crippen LogP contribution in [0.15, 0.2) is 23.0 Å². The lowest BCUT2D eigenvalue weighted by molar-refractivity contribution is 0.582. The van der Waals surface area contributed by atoms with E-state index in [4.69, 9.17) is 4.42 Å². The molecule has 4 rings (SSSR count). The molecular formula is C16H18N7O4S-. The highest BCUT2D eigenvalue weighted by molar-refractivity contribution is 7.93. The highest BCUT2D eigenvalue weighted by atomic mass is 32.2. The van der Waals surface area contributed by atoms with Crippen LogP contribution >= 0.6 is 0 Å². The van der Waals surface area contributed by atoms with E-state index < -0.39 is 10.0 Å². The van der Waals surface area contributed by atoms with Gasteiger partial charge < -0.3 is 14.7 Å². The van der Waals surface area contributed by atoms with Gasteiger partial charge in [-0.2, -0.15) is 10.1 Å². The number of sulfonamides is 1. The first-order chi connectivity index (χ1) is 13.4. The van der Waals surface area contributed by atoms with E-state index in [1.807, 2.05) is 0 Å². The molecule has 0 bridgehead atoms. The van der Waals surface area contributed by atoms with Crippen LogP contribution in [0.1, 0.15) is 18.9 Å². The lowest BCUT2D eigenvalue weighted by Gasteiger charge is -2.27. The van der Waals surface area contributed by atoms with Crippen LogP contribution in [0.25, 0.3) is 23.0 Å². The third kappa shape index (κ3) is 3.10. The van der Waals surface area contributed by atoms with Gasteiger partial charge in [0.25, 0.3) is 0 Å². The van der Waals surface area contributed by atoms with E-state index in [-0.39, 0.29) is 41.4 Å². The average Bonchev–Trinajstić information content (AvgIpc) is 3.40. The Bertz CT molecular complexity index is 1090. The first kappa shape index (κ1) is 18.4. The van der Waals surface area contributed by atoms with Crippen molar-refractivity contribution in [1.29, 1.82) is 0 Å². The summed E-state index contributed by atoms with van der Waals surface area (Å²) in [7, 11) is -3.48. The topological polar surface area (TPSA) is 144 Å². The second-order valence-corrected chi connectivity index (χ2v) is 8.31. The molecule has 4 heterocycles. The lowest BCUT2D eigenvalue weighted by atomic mass is 10.1. The Labute approximate surface area is 161 Å². The van der Waals surface area contributed by atoms with E-state index in [1.54, 1.807) is 26.1 Å². The number of anilines is 2. The lowest BCUT2D eigenvalue weighted by Crippen LogP contribution is -2.26. The molecule has 0 aromatic carbocycles. The molecule has 1 fully saturated rings. The molecule has 12 heteroatoms. The molecule has 0 amide bonds. The number of hydroxylamine groups is 1. The molecule has 0 aliphatic carbocycles. The molecule has 0 saturated carbocycles. The van der Waals surface area contributed by atoms with Crippen LogP contribution in [-0.4, -0.2) is 52.4 Å². The maximum Gasteiger partial charge on any atom is 0.236 e. The van der Waals surface area contributed by atoms with Gasteiger partial charge in [-0.1, -0.05) is 0 Å². The second-order valence-electron chi connectivity index (χ2n) is 6.30. The van der Waals surface area contributed by atoms with E-state index in [1.165, 1.54) is 10.6 Å². The van der Waals surface area contributed by atoms with Crippen molar-refractivity contribution < 1.29 is 12.8 Å². The fourth-order valence-corrected chi connectivity index (χ4v) is 4.49. The number of nitrogens with zero attached hydrogens (tertiary/aromatic N) is 6. The number of rotatable bonds is 5. The van der Waals surface area contributed by atoms with E-state index in [2.05, 4.69) is 25.1 Å². The number of H-pyrrole nitrogens is 1. The summed E-state index contributed by atoms with van der Waals surface area (Å²) in [5.41, 5.74) is 1.28. The van der Waals surface area contributed by atoms with Gasteiger partial charge in [-0.25, -0.2) is 18.4 Å². The number of nitrogens with one attached hydrogen (secondary N) is 1. The van der Waals surface area contributed by atoms with Gasteiger partial charge in [0, 0.05) is 24.8 Å². The maximum absolute atomic E-state index is 12.4. The van der Waals surface area contributed by atoms with Crippen molar-refractivity contribution in [2.24, 2.45) is 0 Å². The second kappa shape index (κ2) is 6.87. The first-order valence-electron chi connectivity index (χ1n) is 8.69. The minimum atomic E-state index is -3.48. The Morgan fingerprint density at radius 3 is 2.86 bits per heavy atom. The van der Waals surface area contributed by atoms with Crippen molar-refractivity contribution in [3.05, 3.63) is 29.4 Å². The fraction of sp³-hybridized carbons (Fsp3) is 0.375. The number of aromatic nitrogens is 5. The molecule has 1 saturated heterocycles. The average molecular weight is 404 g/mol. The monoisotopic (exact) mass is 404 g/mol. The first-order valence-corrected chi connectivity index (χ1v) is 10.3. The van der Waals surface area contributed by atoms with Crippen LogP contribution in [0.5, 0.6) is 0 Å². The third-order valence-corrected chi connectivity index (χ3v) is 6.27. The SMILES string of the molecule is CCN([O-])c1cc(-c2nc(N3CCCS3(=O)=O)c(-c3ncn[nH]3)o2)c(C)cn1. The van der Waals surface area contributed by atoms with Gasteiger partial charge in [0.1, 0.15) is 12.1 Å². The van der Waals surface area contributed by atoms with Crippen LogP contribution < -0.4 is 9.37 Å². The summed E-state index contributed by atoms with van der Waals surface area (Å²) in [6.07, 6.45) is 3.35. The van der Waals surface area contributed by atoms with Crippen molar-refractivity contribution in [2.75, 3.05) is 28.2 Å². The molecule has 1 aliphatic heterocycles. The van der Waals surface area contributed by atoms with Crippen LogP contribution in [0.3, 0.4) is 0 Å². The van der Waals surface area contributed by atoms with Crippen molar-refractivity contribution in [1.82, 2.24) is 25.1 Å².